The first-order chi connectivity index (χ1) is 10.3. The number of rotatable bonds is 4. The Balaban J connectivity index is 1.56. The number of hydrogen-bond acceptors (Lipinski definition) is 4. The van der Waals surface area contributed by atoms with E-state index in [0.717, 1.165) is 36.4 Å². The van der Waals surface area contributed by atoms with Gasteiger partial charge in [0.1, 0.15) is 0 Å². The average Bonchev–Trinajstić information content (AvgIpc) is 2.84. The molecule has 3 aliphatic rings. The highest BCUT2D eigenvalue weighted by Crippen LogP contribution is 2.49. The van der Waals surface area contributed by atoms with Crippen LogP contribution in [0.1, 0.15) is 88.3 Å². The summed E-state index contributed by atoms with van der Waals surface area (Å²) in [5.41, 5.74) is 6.22. The van der Waals surface area contributed by atoms with Gasteiger partial charge in [0.15, 0.2) is 5.82 Å². The lowest BCUT2D eigenvalue weighted by molar-refractivity contribution is 0.122. The van der Waals surface area contributed by atoms with Crippen molar-refractivity contribution in [1.82, 2.24) is 10.1 Å². The van der Waals surface area contributed by atoms with Crippen LogP contribution in [0.5, 0.6) is 0 Å². The predicted octanol–water partition coefficient (Wildman–Crippen LogP) is 3.87. The van der Waals surface area contributed by atoms with E-state index in [1.807, 2.05) is 0 Å². The summed E-state index contributed by atoms with van der Waals surface area (Å²) >= 11 is 0. The normalized spacial score (nSPS) is 26.6. The van der Waals surface area contributed by atoms with E-state index in [9.17, 15) is 0 Å². The highest BCUT2D eigenvalue weighted by atomic mass is 16.5. The summed E-state index contributed by atoms with van der Waals surface area (Å²) in [6.45, 7) is 0. The van der Waals surface area contributed by atoms with E-state index in [0.29, 0.717) is 5.92 Å². The van der Waals surface area contributed by atoms with Crippen LogP contribution >= 0.6 is 0 Å². The first-order valence-corrected chi connectivity index (χ1v) is 8.89. The molecule has 0 aliphatic heterocycles. The lowest BCUT2D eigenvalue weighted by Gasteiger charge is -2.40. The van der Waals surface area contributed by atoms with Crippen molar-refractivity contribution in [2.75, 3.05) is 0 Å². The van der Waals surface area contributed by atoms with Crippen LogP contribution in [0, 0.1) is 11.8 Å². The standard InChI is InChI=1S/C17H27N3O/c18-17(10-2-1-3-11-17)16-19-15(21-20-16)14(12-6-4-7-12)13-8-5-9-13/h12-14H,1-11,18H2. The van der Waals surface area contributed by atoms with Gasteiger partial charge in [0.05, 0.1) is 5.54 Å². The van der Waals surface area contributed by atoms with Gasteiger partial charge in [-0.05, 0) is 50.4 Å². The first-order valence-electron chi connectivity index (χ1n) is 8.89. The summed E-state index contributed by atoms with van der Waals surface area (Å²) < 4.78 is 5.72. The van der Waals surface area contributed by atoms with Crippen LogP contribution in [0.15, 0.2) is 4.52 Å². The van der Waals surface area contributed by atoms with Gasteiger partial charge < -0.3 is 10.3 Å². The third-order valence-electron chi connectivity index (χ3n) is 6.23. The second kappa shape index (κ2) is 5.38. The average molecular weight is 289 g/mol. The molecule has 0 saturated heterocycles. The molecule has 0 atom stereocenters. The van der Waals surface area contributed by atoms with Crippen molar-refractivity contribution in [3.8, 4) is 0 Å². The SMILES string of the molecule is NC1(c2noc(C(C3CCC3)C3CCC3)n2)CCCCC1. The van der Waals surface area contributed by atoms with Gasteiger partial charge in [-0.1, -0.05) is 37.3 Å². The Kier molecular flexibility index (Phi) is 3.52. The molecule has 0 spiro atoms. The van der Waals surface area contributed by atoms with E-state index in [4.69, 9.17) is 15.2 Å². The summed E-state index contributed by atoms with van der Waals surface area (Å²) in [4.78, 5) is 4.81. The van der Waals surface area contributed by atoms with E-state index in [2.05, 4.69) is 5.16 Å². The van der Waals surface area contributed by atoms with Crippen LogP contribution in [-0.2, 0) is 5.54 Å². The van der Waals surface area contributed by atoms with Gasteiger partial charge in [0.2, 0.25) is 5.89 Å². The molecule has 4 nitrogen and oxygen atoms in total. The minimum absolute atomic E-state index is 0.330. The predicted molar refractivity (Wildman–Crippen MR) is 80.7 cm³/mol. The van der Waals surface area contributed by atoms with Crippen LogP contribution in [0.4, 0.5) is 0 Å². The quantitative estimate of drug-likeness (QED) is 0.913. The fourth-order valence-corrected chi connectivity index (χ4v) is 4.37. The fourth-order valence-electron chi connectivity index (χ4n) is 4.37. The van der Waals surface area contributed by atoms with Crippen molar-refractivity contribution in [2.45, 2.75) is 82.1 Å². The van der Waals surface area contributed by atoms with Gasteiger partial charge in [-0.2, -0.15) is 4.98 Å². The minimum Gasteiger partial charge on any atom is -0.339 e. The molecular formula is C17H27N3O. The maximum atomic E-state index is 6.55. The van der Waals surface area contributed by atoms with Crippen molar-refractivity contribution in [3.63, 3.8) is 0 Å². The van der Waals surface area contributed by atoms with Crippen molar-refractivity contribution < 1.29 is 4.52 Å². The molecule has 3 aliphatic carbocycles. The zero-order chi connectivity index (χ0) is 14.3. The van der Waals surface area contributed by atoms with Gasteiger partial charge in [-0.3, -0.25) is 0 Å². The summed E-state index contributed by atoms with van der Waals surface area (Å²) in [6, 6.07) is 0. The number of aromatic nitrogens is 2. The monoisotopic (exact) mass is 289 g/mol. The first kappa shape index (κ1) is 13.7. The Morgan fingerprint density at radius 2 is 1.57 bits per heavy atom. The molecule has 1 aromatic heterocycles. The van der Waals surface area contributed by atoms with E-state index in [-0.39, 0.29) is 5.54 Å². The molecule has 0 amide bonds. The minimum atomic E-state index is -0.330. The molecule has 0 aromatic carbocycles. The molecule has 4 heteroatoms. The van der Waals surface area contributed by atoms with E-state index >= 15 is 0 Å². The van der Waals surface area contributed by atoms with Crippen LogP contribution < -0.4 is 5.73 Å². The largest absolute Gasteiger partial charge is 0.339 e. The molecule has 116 valence electrons. The number of nitrogens with zero attached hydrogens (tertiary/aromatic N) is 2. The Hall–Kier alpha value is -0.900. The number of hydrogen-bond donors (Lipinski definition) is 1. The van der Waals surface area contributed by atoms with Crippen LogP contribution in [0.3, 0.4) is 0 Å². The zero-order valence-corrected chi connectivity index (χ0v) is 12.9. The lowest BCUT2D eigenvalue weighted by atomic mass is 9.64. The molecule has 1 heterocycles. The molecule has 21 heavy (non-hydrogen) atoms. The maximum Gasteiger partial charge on any atom is 0.230 e. The van der Waals surface area contributed by atoms with Gasteiger partial charge in [0.25, 0.3) is 0 Å². The molecular weight excluding hydrogens is 262 g/mol. The highest BCUT2D eigenvalue weighted by molar-refractivity contribution is 5.09. The van der Waals surface area contributed by atoms with Gasteiger partial charge in [-0.15, -0.1) is 0 Å². The molecule has 0 radical (unpaired) electrons. The second-order valence-electron chi connectivity index (χ2n) is 7.58. The third kappa shape index (κ3) is 2.41. The van der Waals surface area contributed by atoms with Crippen LogP contribution in [0.2, 0.25) is 0 Å². The van der Waals surface area contributed by atoms with Gasteiger partial charge >= 0.3 is 0 Å². The van der Waals surface area contributed by atoms with Crippen LogP contribution in [0.25, 0.3) is 0 Å². The van der Waals surface area contributed by atoms with E-state index < -0.39 is 0 Å². The zero-order valence-electron chi connectivity index (χ0n) is 12.9. The Labute approximate surface area is 126 Å². The summed E-state index contributed by atoms with van der Waals surface area (Å²) in [6.07, 6.45) is 13.8. The van der Waals surface area contributed by atoms with Crippen LogP contribution in [-0.4, -0.2) is 10.1 Å². The second-order valence-corrected chi connectivity index (χ2v) is 7.58. The maximum absolute atomic E-state index is 6.55. The Bertz CT molecular complexity index is 470. The van der Waals surface area contributed by atoms with Gasteiger partial charge in [0, 0.05) is 5.92 Å². The molecule has 3 fully saturated rings. The van der Waals surface area contributed by atoms with Crippen molar-refractivity contribution in [3.05, 3.63) is 11.7 Å². The Morgan fingerprint density at radius 1 is 0.952 bits per heavy atom. The van der Waals surface area contributed by atoms with Crippen molar-refractivity contribution >= 4 is 0 Å². The molecule has 1 aromatic rings. The third-order valence-corrected chi connectivity index (χ3v) is 6.23. The summed E-state index contributed by atoms with van der Waals surface area (Å²) in [7, 11) is 0. The highest BCUT2D eigenvalue weighted by Gasteiger charge is 2.42. The molecule has 0 unspecified atom stereocenters. The molecule has 4 rings (SSSR count). The Morgan fingerprint density at radius 3 is 2.10 bits per heavy atom. The topological polar surface area (TPSA) is 64.9 Å². The van der Waals surface area contributed by atoms with E-state index in [1.165, 1.54) is 57.8 Å². The molecule has 2 N–H and O–H groups in total. The van der Waals surface area contributed by atoms with Crippen molar-refractivity contribution in [2.24, 2.45) is 17.6 Å². The smallest absolute Gasteiger partial charge is 0.230 e. The van der Waals surface area contributed by atoms with E-state index in [1.54, 1.807) is 0 Å². The fraction of sp³-hybridized carbons (Fsp3) is 0.882. The lowest BCUT2D eigenvalue weighted by Crippen LogP contribution is -2.39. The van der Waals surface area contributed by atoms with Gasteiger partial charge in [-0.25, -0.2) is 0 Å². The molecule has 0 bridgehead atoms. The summed E-state index contributed by atoms with van der Waals surface area (Å²) in [5.74, 6) is 3.75. The molecule has 3 saturated carbocycles. The van der Waals surface area contributed by atoms with Crippen molar-refractivity contribution in [1.29, 1.82) is 0 Å². The number of nitrogens with two attached hydrogens (primary N) is 1. The summed E-state index contributed by atoms with van der Waals surface area (Å²) in [5, 5.41) is 4.30.